The standard InChI is InChI=1S/C26H22FN3OS/c27-22-10-12-23(13-11-22)29-14-16-30(17-15-29)26-28-25(31)24(32-26)18-19-6-8-21(9-7-19)20-4-2-1-3-5-20/h1-13,18H,14-17H2/b24-18-. The van der Waals surface area contributed by atoms with Gasteiger partial charge >= 0.3 is 0 Å². The van der Waals surface area contributed by atoms with Gasteiger partial charge in [0, 0.05) is 31.9 Å². The van der Waals surface area contributed by atoms with E-state index in [9.17, 15) is 9.18 Å². The van der Waals surface area contributed by atoms with Gasteiger partial charge in [0.15, 0.2) is 5.17 Å². The van der Waals surface area contributed by atoms with Gasteiger partial charge in [-0.25, -0.2) is 4.39 Å². The predicted molar refractivity (Wildman–Crippen MR) is 130 cm³/mol. The van der Waals surface area contributed by atoms with Crippen molar-refractivity contribution in [2.45, 2.75) is 0 Å². The second-order valence-electron chi connectivity index (χ2n) is 7.75. The lowest BCUT2D eigenvalue weighted by Gasteiger charge is -2.36. The molecule has 0 radical (unpaired) electrons. The summed E-state index contributed by atoms with van der Waals surface area (Å²) in [5.41, 5.74) is 4.32. The molecule has 2 aliphatic rings. The fourth-order valence-corrected chi connectivity index (χ4v) is 4.86. The summed E-state index contributed by atoms with van der Waals surface area (Å²) in [5.74, 6) is -0.408. The van der Waals surface area contributed by atoms with E-state index >= 15 is 0 Å². The van der Waals surface area contributed by atoms with Crippen LogP contribution in [-0.2, 0) is 4.79 Å². The Morgan fingerprint density at radius 2 is 1.41 bits per heavy atom. The topological polar surface area (TPSA) is 35.9 Å². The minimum Gasteiger partial charge on any atom is -0.368 e. The van der Waals surface area contributed by atoms with E-state index in [-0.39, 0.29) is 11.7 Å². The molecule has 0 spiro atoms. The SMILES string of the molecule is O=C1N=C(N2CCN(c3ccc(F)cc3)CC2)S/C1=C\c1ccc(-c2ccccc2)cc1. The average Bonchev–Trinajstić information content (AvgIpc) is 3.21. The van der Waals surface area contributed by atoms with E-state index in [0.29, 0.717) is 4.91 Å². The van der Waals surface area contributed by atoms with Gasteiger partial charge < -0.3 is 9.80 Å². The Hall–Kier alpha value is -3.38. The van der Waals surface area contributed by atoms with Crippen LogP contribution in [0.15, 0.2) is 88.8 Å². The molecule has 32 heavy (non-hydrogen) atoms. The molecule has 160 valence electrons. The van der Waals surface area contributed by atoms with E-state index in [1.807, 2.05) is 36.4 Å². The number of hydrogen-bond donors (Lipinski definition) is 0. The number of thioether (sulfide) groups is 1. The lowest BCUT2D eigenvalue weighted by Crippen LogP contribution is -2.47. The van der Waals surface area contributed by atoms with E-state index in [4.69, 9.17) is 0 Å². The number of rotatable bonds is 3. The van der Waals surface area contributed by atoms with Gasteiger partial charge in [-0.1, -0.05) is 54.6 Å². The fraction of sp³-hybridized carbons (Fsp3) is 0.154. The number of benzene rings is 3. The molecule has 0 aromatic heterocycles. The molecular formula is C26H22FN3OS. The minimum absolute atomic E-state index is 0.182. The largest absolute Gasteiger partial charge is 0.368 e. The zero-order valence-electron chi connectivity index (χ0n) is 17.4. The maximum absolute atomic E-state index is 13.2. The molecule has 6 heteroatoms. The van der Waals surface area contributed by atoms with E-state index in [2.05, 4.69) is 39.1 Å². The average molecular weight is 444 g/mol. The Bertz CT molecular complexity index is 1170. The van der Waals surface area contributed by atoms with Crippen molar-refractivity contribution in [1.82, 2.24) is 4.90 Å². The van der Waals surface area contributed by atoms with Crippen LogP contribution in [0.2, 0.25) is 0 Å². The van der Waals surface area contributed by atoms with Gasteiger partial charge in [-0.05, 0) is 58.8 Å². The third-order valence-electron chi connectivity index (χ3n) is 5.67. The van der Waals surface area contributed by atoms with Crippen molar-refractivity contribution in [1.29, 1.82) is 0 Å². The van der Waals surface area contributed by atoms with Gasteiger partial charge in [0.05, 0.1) is 4.91 Å². The lowest BCUT2D eigenvalue weighted by molar-refractivity contribution is -0.113. The molecule has 3 aromatic carbocycles. The third kappa shape index (κ3) is 4.46. The van der Waals surface area contributed by atoms with Gasteiger partial charge in [0.1, 0.15) is 5.82 Å². The number of carbonyl (C=O) groups is 1. The molecule has 2 aliphatic heterocycles. The number of amidine groups is 1. The van der Waals surface area contributed by atoms with Crippen LogP contribution in [0.1, 0.15) is 5.56 Å². The van der Waals surface area contributed by atoms with Crippen molar-refractivity contribution in [3.8, 4) is 11.1 Å². The summed E-state index contributed by atoms with van der Waals surface area (Å²) in [5, 5.41) is 0.765. The van der Waals surface area contributed by atoms with E-state index in [0.717, 1.165) is 48.2 Å². The summed E-state index contributed by atoms with van der Waals surface area (Å²) in [6.07, 6.45) is 1.91. The predicted octanol–water partition coefficient (Wildman–Crippen LogP) is 5.29. The summed E-state index contributed by atoms with van der Waals surface area (Å²) >= 11 is 1.44. The Balaban J connectivity index is 1.22. The van der Waals surface area contributed by atoms with Gasteiger partial charge in [-0.3, -0.25) is 4.79 Å². The number of hydrogen-bond acceptors (Lipinski definition) is 4. The molecule has 4 nitrogen and oxygen atoms in total. The van der Waals surface area contributed by atoms with Gasteiger partial charge in [-0.2, -0.15) is 4.99 Å². The van der Waals surface area contributed by atoms with Crippen LogP contribution in [0.4, 0.5) is 10.1 Å². The number of carbonyl (C=O) groups excluding carboxylic acids is 1. The van der Waals surface area contributed by atoms with E-state index in [1.54, 1.807) is 12.1 Å². The number of amides is 1. The Kier molecular flexibility index (Phi) is 5.77. The van der Waals surface area contributed by atoms with E-state index < -0.39 is 0 Å². The van der Waals surface area contributed by atoms with Crippen molar-refractivity contribution in [3.05, 3.63) is 95.1 Å². The molecule has 0 atom stereocenters. The molecule has 5 rings (SSSR count). The third-order valence-corrected chi connectivity index (χ3v) is 6.71. The van der Waals surface area contributed by atoms with Crippen LogP contribution in [0.25, 0.3) is 17.2 Å². The minimum atomic E-state index is -0.225. The first-order chi connectivity index (χ1) is 15.7. The Morgan fingerprint density at radius 1 is 0.781 bits per heavy atom. The monoisotopic (exact) mass is 443 g/mol. The highest BCUT2D eigenvalue weighted by molar-refractivity contribution is 8.18. The van der Waals surface area contributed by atoms with Gasteiger partial charge in [-0.15, -0.1) is 0 Å². The Labute approximate surface area is 191 Å². The van der Waals surface area contributed by atoms with Crippen molar-refractivity contribution < 1.29 is 9.18 Å². The summed E-state index contributed by atoms with van der Waals surface area (Å²) in [7, 11) is 0. The second-order valence-corrected chi connectivity index (χ2v) is 8.76. The molecule has 0 saturated carbocycles. The van der Waals surface area contributed by atoms with Crippen molar-refractivity contribution in [2.75, 3.05) is 31.1 Å². The maximum Gasteiger partial charge on any atom is 0.286 e. The van der Waals surface area contributed by atoms with Crippen LogP contribution < -0.4 is 4.90 Å². The molecule has 0 bridgehead atoms. The van der Waals surface area contributed by atoms with Gasteiger partial charge in [0.25, 0.3) is 5.91 Å². The normalized spacial score (nSPS) is 17.7. The first-order valence-corrected chi connectivity index (χ1v) is 11.4. The van der Waals surface area contributed by atoms with E-state index in [1.165, 1.54) is 29.5 Å². The van der Waals surface area contributed by atoms with Crippen LogP contribution in [-0.4, -0.2) is 42.2 Å². The molecule has 1 amide bonds. The fourth-order valence-electron chi connectivity index (χ4n) is 3.89. The molecule has 0 aliphatic carbocycles. The molecule has 2 heterocycles. The zero-order valence-corrected chi connectivity index (χ0v) is 18.3. The van der Waals surface area contributed by atoms with Crippen LogP contribution in [0, 0.1) is 5.82 Å². The zero-order chi connectivity index (χ0) is 21.9. The first kappa shape index (κ1) is 20.5. The molecular weight excluding hydrogens is 421 g/mol. The van der Waals surface area contributed by atoms with Crippen molar-refractivity contribution in [3.63, 3.8) is 0 Å². The molecule has 0 N–H and O–H groups in total. The van der Waals surface area contributed by atoms with Crippen molar-refractivity contribution >= 4 is 34.6 Å². The van der Waals surface area contributed by atoms with Crippen LogP contribution in [0.5, 0.6) is 0 Å². The number of piperazine rings is 1. The number of halogens is 1. The second kappa shape index (κ2) is 9.01. The quantitative estimate of drug-likeness (QED) is 0.516. The Morgan fingerprint density at radius 3 is 2.09 bits per heavy atom. The van der Waals surface area contributed by atoms with Crippen LogP contribution >= 0.6 is 11.8 Å². The molecule has 1 saturated heterocycles. The number of aliphatic imine (C=N–C) groups is 1. The summed E-state index contributed by atoms with van der Waals surface area (Å²) in [6.45, 7) is 3.16. The summed E-state index contributed by atoms with van der Waals surface area (Å²) in [4.78, 5) is 21.8. The molecule has 3 aromatic rings. The maximum atomic E-state index is 13.2. The summed E-state index contributed by atoms with van der Waals surface area (Å²) in [6, 6.07) is 25.0. The molecule has 0 unspecified atom stereocenters. The number of anilines is 1. The molecule has 1 fully saturated rings. The highest BCUT2D eigenvalue weighted by Gasteiger charge is 2.28. The number of nitrogens with zero attached hydrogens (tertiary/aromatic N) is 3. The van der Waals surface area contributed by atoms with Crippen LogP contribution in [0.3, 0.4) is 0 Å². The highest BCUT2D eigenvalue weighted by atomic mass is 32.2. The smallest absolute Gasteiger partial charge is 0.286 e. The first-order valence-electron chi connectivity index (χ1n) is 10.6. The van der Waals surface area contributed by atoms with Crippen molar-refractivity contribution in [2.24, 2.45) is 4.99 Å². The summed E-state index contributed by atoms with van der Waals surface area (Å²) < 4.78 is 13.2. The lowest BCUT2D eigenvalue weighted by atomic mass is 10.0. The van der Waals surface area contributed by atoms with Gasteiger partial charge in [0.2, 0.25) is 0 Å². The highest BCUT2D eigenvalue weighted by Crippen LogP contribution is 2.31.